The van der Waals surface area contributed by atoms with Gasteiger partial charge >= 0.3 is 5.97 Å². The third kappa shape index (κ3) is 4.89. The summed E-state index contributed by atoms with van der Waals surface area (Å²) in [7, 11) is 0. The first kappa shape index (κ1) is 20.3. The number of amides is 1. The molecule has 6 nitrogen and oxygen atoms in total. The Kier molecular flexibility index (Phi) is 6.89. The molecular weight excluding hydrogens is 362 g/mol. The van der Waals surface area contributed by atoms with Crippen LogP contribution in [-0.4, -0.2) is 57.8 Å². The molecule has 1 atom stereocenters. The molecule has 1 saturated heterocycles. The first-order chi connectivity index (χ1) is 13.0. The van der Waals surface area contributed by atoms with Crippen molar-refractivity contribution in [1.29, 1.82) is 0 Å². The van der Waals surface area contributed by atoms with Crippen molar-refractivity contribution in [3.63, 3.8) is 0 Å². The summed E-state index contributed by atoms with van der Waals surface area (Å²) in [5, 5.41) is 3.74. The second-order valence-electron chi connectivity index (χ2n) is 7.85. The minimum Gasteiger partial charge on any atom is -0.462 e. The highest BCUT2D eigenvalue weighted by Gasteiger charge is 2.30. The number of carbonyl (C=O) groups is 2. The van der Waals surface area contributed by atoms with Gasteiger partial charge in [0.05, 0.1) is 18.7 Å². The van der Waals surface area contributed by atoms with Gasteiger partial charge in [-0.15, -0.1) is 11.3 Å². The zero-order valence-electron chi connectivity index (χ0n) is 16.8. The Morgan fingerprint density at radius 3 is 2.56 bits per heavy atom. The summed E-state index contributed by atoms with van der Waals surface area (Å²) in [6.45, 7) is 12.5. The fourth-order valence-electron chi connectivity index (χ4n) is 4.14. The Hall–Kier alpha value is -1.44. The molecule has 2 heterocycles. The van der Waals surface area contributed by atoms with Crippen LogP contribution in [0.25, 0.3) is 0 Å². The lowest BCUT2D eigenvalue weighted by Gasteiger charge is -2.28. The summed E-state index contributed by atoms with van der Waals surface area (Å²) in [6, 6.07) is 0. The molecule has 1 amide bonds. The van der Waals surface area contributed by atoms with Crippen LogP contribution in [0.3, 0.4) is 0 Å². The second-order valence-corrected chi connectivity index (χ2v) is 8.96. The van der Waals surface area contributed by atoms with Crippen LogP contribution in [0.2, 0.25) is 0 Å². The average Bonchev–Trinajstić information content (AvgIpc) is 2.99. The SMILES string of the molecule is CCOC(=O)c1c(NC(=O)C[NH+]2CC[NH+](CC)CC2)sc2c1CC[C@H](C)C2. The Labute approximate surface area is 165 Å². The van der Waals surface area contributed by atoms with Gasteiger partial charge in [0, 0.05) is 4.88 Å². The molecule has 1 aromatic rings. The average molecular weight is 396 g/mol. The largest absolute Gasteiger partial charge is 0.462 e. The van der Waals surface area contributed by atoms with Gasteiger partial charge in [-0.2, -0.15) is 0 Å². The number of esters is 1. The number of rotatable bonds is 6. The standard InChI is InChI=1S/C20H31N3O3S/c1-4-22-8-10-23(11-9-22)13-17(24)21-19-18(20(25)26-5-2)15-7-6-14(3)12-16(15)27-19/h14H,4-13H2,1-3H3,(H,21,24)/p+2/t14-/m0/s1. The number of fused-ring (bicyclic) bond motifs is 1. The molecule has 3 N–H and O–H groups in total. The van der Waals surface area contributed by atoms with Gasteiger partial charge in [0.2, 0.25) is 0 Å². The zero-order valence-corrected chi connectivity index (χ0v) is 17.6. The van der Waals surface area contributed by atoms with Crippen LogP contribution < -0.4 is 15.1 Å². The fourth-order valence-corrected chi connectivity index (χ4v) is 5.56. The molecule has 0 aromatic carbocycles. The topological polar surface area (TPSA) is 64.3 Å². The summed E-state index contributed by atoms with van der Waals surface area (Å²) in [5.74, 6) is 0.325. The Bertz CT molecular complexity index is 680. The summed E-state index contributed by atoms with van der Waals surface area (Å²) in [4.78, 5) is 29.4. The normalized spacial score (nSPS) is 24.9. The number of anilines is 1. The molecule has 1 fully saturated rings. The number of hydrogen-bond donors (Lipinski definition) is 3. The van der Waals surface area contributed by atoms with E-state index in [9.17, 15) is 9.59 Å². The fraction of sp³-hybridized carbons (Fsp3) is 0.700. The van der Waals surface area contributed by atoms with Gasteiger partial charge in [0.1, 0.15) is 31.2 Å². The number of quaternary nitrogens is 2. The van der Waals surface area contributed by atoms with E-state index >= 15 is 0 Å². The molecule has 1 aliphatic carbocycles. The van der Waals surface area contributed by atoms with Crippen molar-refractivity contribution in [1.82, 2.24) is 0 Å². The summed E-state index contributed by atoms with van der Waals surface area (Å²) in [6.07, 6.45) is 2.96. The number of thiophene rings is 1. The van der Waals surface area contributed by atoms with E-state index in [1.54, 1.807) is 16.2 Å². The van der Waals surface area contributed by atoms with Gasteiger partial charge in [-0.25, -0.2) is 4.79 Å². The van der Waals surface area contributed by atoms with E-state index in [0.717, 1.165) is 57.5 Å². The molecule has 0 radical (unpaired) electrons. The molecule has 1 aliphatic heterocycles. The zero-order chi connectivity index (χ0) is 19.4. The van der Waals surface area contributed by atoms with E-state index in [2.05, 4.69) is 19.2 Å². The number of piperazine rings is 1. The lowest BCUT2D eigenvalue weighted by molar-refractivity contribution is -1.01. The third-order valence-electron chi connectivity index (χ3n) is 5.82. The molecule has 2 aliphatic rings. The van der Waals surface area contributed by atoms with Crippen molar-refractivity contribution < 1.29 is 24.1 Å². The Morgan fingerprint density at radius 1 is 1.19 bits per heavy atom. The summed E-state index contributed by atoms with van der Waals surface area (Å²) >= 11 is 1.57. The summed E-state index contributed by atoms with van der Waals surface area (Å²) in [5.41, 5.74) is 1.70. The highest BCUT2D eigenvalue weighted by atomic mass is 32.1. The van der Waals surface area contributed by atoms with Crippen LogP contribution in [0, 0.1) is 5.92 Å². The van der Waals surface area contributed by atoms with E-state index in [1.807, 2.05) is 6.92 Å². The second kappa shape index (κ2) is 9.17. The van der Waals surface area contributed by atoms with Gasteiger partial charge < -0.3 is 19.9 Å². The molecule has 150 valence electrons. The van der Waals surface area contributed by atoms with Gasteiger partial charge in [-0.1, -0.05) is 6.92 Å². The lowest BCUT2D eigenvalue weighted by Crippen LogP contribution is -3.28. The van der Waals surface area contributed by atoms with Gasteiger partial charge in [0.15, 0.2) is 6.54 Å². The lowest BCUT2D eigenvalue weighted by atomic mass is 9.88. The van der Waals surface area contributed by atoms with Crippen molar-refractivity contribution in [2.75, 3.05) is 51.2 Å². The molecule has 0 spiro atoms. The maximum atomic E-state index is 12.7. The Morgan fingerprint density at radius 2 is 1.89 bits per heavy atom. The number of nitrogens with one attached hydrogen (secondary N) is 3. The molecule has 27 heavy (non-hydrogen) atoms. The van der Waals surface area contributed by atoms with Crippen LogP contribution >= 0.6 is 11.3 Å². The van der Waals surface area contributed by atoms with Crippen molar-refractivity contribution in [2.24, 2.45) is 5.92 Å². The highest BCUT2D eigenvalue weighted by molar-refractivity contribution is 7.17. The van der Waals surface area contributed by atoms with Crippen LogP contribution in [0.15, 0.2) is 0 Å². The smallest absolute Gasteiger partial charge is 0.341 e. The monoisotopic (exact) mass is 395 g/mol. The molecule has 7 heteroatoms. The predicted octanol–water partition coefficient (Wildman–Crippen LogP) is -0.209. The summed E-state index contributed by atoms with van der Waals surface area (Å²) < 4.78 is 5.28. The molecule has 0 bridgehead atoms. The molecular formula is C20H33N3O3S+2. The number of likely N-dealkylation sites (N-methyl/N-ethyl adjacent to an activating group) is 1. The van der Waals surface area contributed by atoms with Crippen LogP contribution in [-0.2, 0) is 22.4 Å². The maximum Gasteiger partial charge on any atom is 0.341 e. The minimum absolute atomic E-state index is 0.00198. The van der Waals surface area contributed by atoms with Crippen molar-refractivity contribution in [2.45, 2.75) is 40.0 Å². The van der Waals surface area contributed by atoms with E-state index < -0.39 is 0 Å². The minimum atomic E-state index is -0.299. The molecule has 3 rings (SSSR count). The van der Waals surface area contributed by atoms with Crippen LogP contribution in [0.1, 0.15) is 48.0 Å². The van der Waals surface area contributed by atoms with E-state index in [-0.39, 0.29) is 11.9 Å². The van der Waals surface area contributed by atoms with Crippen molar-refractivity contribution >= 4 is 28.2 Å². The van der Waals surface area contributed by atoms with Crippen molar-refractivity contribution in [3.8, 4) is 0 Å². The molecule has 0 saturated carbocycles. The van der Waals surface area contributed by atoms with E-state index in [4.69, 9.17) is 4.74 Å². The quantitative estimate of drug-likeness (QED) is 0.584. The van der Waals surface area contributed by atoms with E-state index in [0.29, 0.717) is 29.6 Å². The first-order valence-electron chi connectivity index (χ1n) is 10.3. The maximum absolute atomic E-state index is 12.7. The van der Waals surface area contributed by atoms with Gasteiger partial charge in [0.25, 0.3) is 5.91 Å². The van der Waals surface area contributed by atoms with E-state index in [1.165, 1.54) is 9.78 Å². The van der Waals surface area contributed by atoms with Crippen molar-refractivity contribution in [3.05, 3.63) is 16.0 Å². The predicted molar refractivity (Wildman–Crippen MR) is 107 cm³/mol. The van der Waals surface area contributed by atoms with Gasteiger partial charge in [-0.3, -0.25) is 4.79 Å². The van der Waals surface area contributed by atoms with Crippen LogP contribution in [0.5, 0.6) is 0 Å². The van der Waals surface area contributed by atoms with Crippen LogP contribution in [0.4, 0.5) is 5.00 Å². The Balaban J connectivity index is 1.70. The number of ether oxygens (including phenoxy) is 1. The first-order valence-corrected chi connectivity index (χ1v) is 11.1. The molecule has 1 aromatic heterocycles. The highest BCUT2D eigenvalue weighted by Crippen LogP contribution is 2.40. The third-order valence-corrected chi connectivity index (χ3v) is 6.99. The number of carbonyl (C=O) groups excluding carboxylic acids is 2. The van der Waals surface area contributed by atoms with Gasteiger partial charge in [-0.05, 0) is 44.6 Å². The number of hydrogen-bond acceptors (Lipinski definition) is 4. The molecule has 0 unspecified atom stereocenters.